The van der Waals surface area contributed by atoms with Crippen LogP contribution in [0.1, 0.15) is 48.5 Å². The minimum atomic E-state index is 0. The van der Waals surface area contributed by atoms with Crippen molar-refractivity contribution in [1.82, 2.24) is 25.2 Å². The maximum atomic E-state index is 4.73. The first-order valence-electron chi connectivity index (χ1n) is 9.64. The molecule has 0 saturated heterocycles. The molecule has 0 saturated carbocycles. The first-order chi connectivity index (χ1) is 13.6. The number of benzene rings is 1. The molecule has 3 aromatic rings. The average molecular weight is 524 g/mol. The number of rotatable bonds is 8. The van der Waals surface area contributed by atoms with Crippen molar-refractivity contribution in [2.24, 2.45) is 4.99 Å². The number of aliphatic imine (C=N–C) groups is 1. The molecule has 0 fully saturated rings. The van der Waals surface area contributed by atoms with E-state index in [1.807, 2.05) is 12.5 Å². The number of imidazole rings is 1. The molecule has 0 unspecified atom stereocenters. The molecular weight excluding hydrogens is 495 g/mol. The summed E-state index contributed by atoms with van der Waals surface area (Å²) in [5.41, 5.74) is 3.58. The van der Waals surface area contributed by atoms with Gasteiger partial charge >= 0.3 is 0 Å². The van der Waals surface area contributed by atoms with E-state index >= 15 is 0 Å². The van der Waals surface area contributed by atoms with Crippen molar-refractivity contribution in [3.8, 4) is 0 Å². The molecule has 29 heavy (non-hydrogen) atoms. The molecule has 2 N–H and O–H groups in total. The summed E-state index contributed by atoms with van der Waals surface area (Å²) in [7, 11) is 0. The number of nitrogens with one attached hydrogen (secondary N) is 2. The number of guanidine groups is 1. The third-order valence-electron chi connectivity index (χ3n) is 4.25. The zero-order chi connectivity index (χ0) is 19.8. The van der Waals surface area contributed by atoms with E-state index in [0.717, 1.165) is 29.8 Å². The summed E-state index contributed by atoms with van der Waals surface area (Å²) in [6.07, 6.45) is 5.61. The van der Waals surface area contributed by atoms with Gasteiger partial charge in [0.25, 0.3) is 0 Å². The Labute approximate surface area is 193 Å². The van der Waals surface area contributed by atoms with Crippen LogP contribution in [0.2, 0.25) is 0 Å². The van der Waals surface area contributed by atoms with Gasteiger partial charge in [0.1, 0.15) is 5.01 Å². The van der Waals surface area contributed by atoms with Crippen molar-refractivity contribution in [3.05, 3.63) is 70.2 Å². The SMILES string of the molecule is CCNC(=NCc1cccc(Cn2ccnc2)c1)NCc1nc(C(C)C)cs1.I. The third-order valence-corrected chi connectivity index (χ3v) is 5.11. The molecule has 0 bridgehead atoms. The molecule has 8 heteroatoms. The average Bonchev–Trinajstić information content (AvgIpc) is 3.36. The minimum Gasteiger partial charge on any atom is -0.357 e. The molecular formula is C21H29IN6S. The fourth-order valence-electron chi connectivity index (χ4n) is 2.76. The predicted molar refractivity (Wildman–Crippen MR) is 131 cm³/mol. The van der Waals surface area contributed by atoms with E-state index < -0.39 is 0 Å². The molecule has 2 heterocycles. The molecule has 0 amide bonds. The molecule has 0 aliphatic carbocycles. The van der Waals surface area contributed by atoms with Gasteiger partial charge in [0.15, 0.2) is 5.96 Å². The molecule has 0 spiro atoms. The zero-order valence-electron chi connectivity index (χ0n) is 17.1. The molecule has 6 nitrogen and oxygen atoms in total. The molecule has 156 valence electrons. The van der Waals surface area contributed by atoms with Crippen LogP contribution < -0.4 is 10.6 Å². The number of thiazole rings is 1. The fourth-order valence-corrected chi connectivity index (χ4v) is 3.66. The van der Waals surface area contributed by atoms with E-state index in [1.165, 1.54) is 11.1 Å². The first kappa shape index (κ1) is 23.3. The molecule has 0 atom stereocenters. The summed E-state index contributed by atoms with van der Waals surface area (Å²) < 4.78 is 2.06. The van der Waals surface area contributed by atoms with Gasteiger partial charge in [0.05, 0.1) is 25.1 Å². The number of nitrogens with zero attached hydrogens (tertiary/aromatic N) is 4. The van der Waals surface area contributed by atoms with Gasteiger partial charge < -0.3 is 15.2 Å². The fraction of sp³-hybridized carbons (Fsp3) is 0.381. The largest absolute Gasteiger partial charge is 0.357 e. The highest BCUT2D eigenvalue weighted by molar-refractivity contribution is 14.0. The van der Waals surface area contributed by atoms with Crippen LogP contribution in [0, 0.1) is 0 Å². The van der Waals surface area contributed by atoms with Gasteiger partial charge in [-0.2, -0.15) is 0 Å². The van der Waals surface area contributed by atoms with Gasteiger partial charge in [-0.15, -0.1) is 35.3 Å². The van der Waals surface area contributed by atoms with Crippen molar-refractivity contribution in [1.29, 1.82) is 0 Å². The van der Waals surface area contributed by atoms with Crippen LogP contribution >= 0.6 is 35.3 Å². The second-order valence-electron chi connectivity index (χ2n) is 6.92. The highest BCUT2D eigenvalue weighted by atomic mass is 127. The first-order valence-corrected chi connectivity index (χ1v) is 10.5. The molecule has 0 aliphatic heterocycles. The summed E-state index contributed by atoms with van der Waals surface area (Å²) in [5.74, 6) is 1.27. The van der Waals surface area contributed by atoms with Gasteiger partial charge in [0.2, 0.25) is 0 Å². The Balaban J connectivity index is 0.00000300. The second kappa shape index (κ2) is 11.9. The lowest BCUT2D eigenvalue weighted by Crippen LogP contribution is -2.36. The highest BCUT2D eigenvalue weighted by Gasteiger charge is 2.06. The van der Waals surface area contributed by atoms with E-state index in [2.05, 4.69) is 75.6 Å². The van der Waals surface area contributed by atoms with Crippen molar-refractivity contribution in [2.45, 2.75) is 46.3 Å². The second-order valence-corrected chi connectivity index (χ2v) is 7.87. The number of aromatic nitrogens is 3. The van der Waals surface area contributed by atoms with Crippen LogP contribution in [0.25, 0.3) is 0 Å². The Hall–Kier alpha value is -1.94. The molecule has 0 aliphatic rings. The van der Waals surface area contributed by atoms with Crippen LogP contribution in [0.5, 0.6) is 0 Å². The van der Waals surface area contributed by atoms with Gasteiger partial charge in [0, 0.05) is 30.9 Å². The number of halogens is 1. The standard InChI is InChI=1S/C21H28N6S.HI/c1-4-23-21(25-12-20-26-19(14-28-20)16(2)3)24-11-17-6-5-7-18(10-17)13-27-9-8-22-15-27;/h5-10,14-16H,4,11-13H2,1-3H3,(H2,23,24,25);1H. The highest BCUT2D eigenvalue weighted by Crippen LogP contribution is 2.17. The maximum Gasteiger partial charge on any atom is 0.191 e. The Bertz CT molecular complexity index is 888. The summed E-state index contributed by atoms with van der Waals surface area (Å²) in [4.78, 5) is 13.5. The summed E-state index contributed by atoms with van der Waals surface area (Å²) in [6.45, 7) is 9.35. The Morgan fingerprint density at radius 2 is 2.07 bits per heavy atom. The monoisotopic (exact) mass is 524 g/mol. The summed E-state index contributed by atoms with van der Waals surface area (Å²) in [6, 6.07) is 8.52. The molecule has 2 aromatic heterocycles. The summed E-state index contributed by atoms with van der Waals surface area (Å²) >= 11 is 1.69. The molecule has 0 radical (unpaired) electrons. The van der Waals surface area contributed by atoms with Gasteiger partial charge in [-0.05, 0) is 24.0 Å². The van der Waals surface area contributed by atoms with E-state index in [0.29, 0.717) is 19.0 Å². The van der Waals surface area contributed by atoms with Gasteiger partial charge in [-0.3, -0.25) is 0 Å². The van der Waals surface area contributed by atoms with E-state index in [-0.39, 0.29) is 24.0 Å². The third kappa shape index (κ3) is 7.43. The maximum absolute atomic E-state index is 4.73. The molecule has 1 aromatic carbocycles. The minimum absolute atomic E-state index is 0. The Morgan fingerprint density at radius 1 is 1.24 bits per heavy atom. The van der Waals surface area contributed by atoms with E-state index in [1.54, 1.807) is 17.5 Å². The molecule has 3 rings (SSSR count). The summed E-state index contributed by atoms with van der Waals surface area (Å²) in [5, 5.41) is 9.91. The lowest BCUT2D eigenvalue weighted by atomic mass is 10.1. The van der Waals surface area contributed by atoms with Crippen molar-refractivity contribution >= 4 is 41.3 Å². The smallest absolute Gasteiger partial charge is 0.191 e. The topological polar surface area (TPSA) is 67.1 Å². The van der Waals surface area contributed by atoms with Crippen molar-refractivity contribution in [2.75, 3.05) is 6.54 Å². The van der Waals surface area contributed by atoms with E-state index in [9.17, 15) is 0 Å². The van der Waals surface area contributed by atoms with Crippen LogP contribution in [-0.2, 0) is 19.6 Å². The zero-order valence-corrected chi connectivity index (χ0v) is 20.3. The lowest BCUT2D eigenvalue weighted by molar-refractivity contribution is 0.785. The van der Waals surface area contributed by atoms with Crippen molar-refractivity contribution in [3.63, 3.8) is 0 Å². The number of hydrogen-bond donors (Lipinski definition) is 2. The van der Waals surface area contributed by atoms with Crippen LogP contribution in [0.3, 0.4) is 0 Å². The predicted octanol–water partition coefficient (Wildman–Crippen LogP) is 4.38. The quantitative estimate of drug-likeness (QED) is 0.261. The van der Waals surface area contributed by atoms with Crippen LogP contribution in [0.4, 0.5) is 0 Å². The lowest BCUT2D eigenvalue weighted by Gasteiger charge is -2.10. The normalized spacial score (nSPS) is 11.4. The van der Waals surface area contributed by atoms with Crippen molar-refractivity contribution < 1.29 is 0 Å². The van der Waals surface area contributed by atoms with Crippen LogP contribution in [-0.4, -0.2) is 27.0 Å². The Kier molecular flexibility index (Phi) is 9.59. The van der Waals surface area contributed by atoms with Gasteiger partial charge in [-0.1, -0.05) is 38.1 Å². The Morgan fingerprint density at radius 3 is 2.76 bits per heavy atom. The van der Waals surface area contributed by atoms with Gasteiger partial charge in [-0.25, -0.2) is 15.0 Å². The van der Waals surface area contributed by atoms with Crippen LogP contribution in [0.15, 0.2) is 53.4 Å². The van der Waals surface area contributed by atoms with E-state index in [4.69, 9.17) is 4.99 Å². The number of hydrogen-bond acceptors (Lipinski definition) is 4.